The van der Waals surface area contributed by atoms with Crippen LogP contribution in [0.2, 0.25) is 0 Å². The highest BCUT2D eigenvalue weighted by molar-refractivity contribution is 5.92. The smallest absolute Gasteiger partial charge is 0.272 e. The minimum absolute atomic E-state index is 0. The van der Waals surface area contributed by atoms with Gasteiger partial charge < -0.3 is 15.4 Å². The van der Waals surface area contributed by atoms with Crippen LogP contribution in [-0.2, 0) is 0 Å². The van der Waals surface area contributed by atoms with Gasteiger partial charge in [0.05, 0.1) is 18.7 Å². The Morgan fingerprint density at radius 1 is 1.28 bits per heavy atom. The van der Waals surface area contributed by atoms with E-state index in [4.69, 9.17) is 4.74 Å². The van der Waals surface area contributed by atoms with Gasteiger partial charge in [0, 0.05) is 12.7 Å². The first kappa shape index (κ1) is 23.2. The Kier molecular flexibility index (Phi) is 8.99. The molecule has 2 unspecified atom stereocenters. The highest BCUT2D eigenvalue weighted by Crippen LogP contribution is 2.19. The lowest BCUT2D eigenvalue weighted by molar-refractivity contribution is 0.0933. The van der Waals surface area contributed by atoms with Gasteiger partial charge in [0.25, 0.3) is 5.91 Å². The fourth-order valence-electron chi connectivity index (χ4n) is 3.34. The zero-order chi connectivity index (χ0) is 19.9. The van der Waals surface area contributed by atoms with E-state index in [9.17, 15) is 4.79 Å². The number of benzene rings is 1. The van der Waals surface area contributed by atoms with E-state index in [1.54, 1.807) is 6.07 Å². The van der Waals surface area contributed by atoms with Crippen LogP contribution in [0.1, 0.15) is 68.2 Å². The van der Waals surface area contributed by atoms with E-state index in [0.29, 0.717) is 17.7 Å². The van der Waals surface area contributed by atoms with E-state index in [2.05, 4.69) is 29.6 Å². The summed E-state index contributed by atoms with van der Waals surface area (Å²) in [6.07, 6.45) is 5.18. The van der Waals surface area contributed by atoms with Gasteiger partial charge in [-0.2, -0.15) is 5.10 Å². The molecular weight excluding hydrogens is 388 g/mol. The molecule has 1 fully saturated rings. The molecule has 2 heterocycles. The summed E-state index contributed by atoms with van der Waals surface area (Å²) in [6.45, 7) is 9.05. The lowest BCUT2D eigenvalue weighted by Gasteiger charge is -2.22. The topological polar surface area (TPSA) is 68.2 Å². The monoisotopic (exact) mass is 420 g/mol. The predicted octanol–water partition coefficient (Wildman–Crippen LogP) is 4.15. The Hall–Kier alpha value is -2.05. The first-order chi connectivity index (χ1) is 13.5. The molecule has 2 aromatic rings. The Labute approximate surface area is 179 Å². The van der Waals surface area contributed by atoms with Crippen molar-refractivity contribution in [3.8, 4) is 5.75 Å². The van der Waals surface area contributed by atoms with Crippen LogP contribution in [0.5, 0.6) is 5.75 Å². The van der Waals surface area contributed by atoms with E-state index in [1.165, 1.54) is 0 Å². The van der Waals surface area contributed by atoms with Crippen molar-refractivity contribution < 1.29 is 9.53 Å². The molecule has 2 N–H and O–H groups in total. The van der Waals surface area contributed by atoms with Gasteiger partial charge in [-0.05, 0) is 62.4 Å². The zero-order valence-electron chi connectivity index (χ0n) is 17.6. The Balaban J connectivity index is 0.00000300. The zero-order valence-corrected chi connectivity index (χ0v) is 18.4. The molecular formula is C22H33ClN4O2. The average molecular weight is 421 g/mol. The molecule has 0 spiro atoms. The number of rotatable bonds is 8. The molecule has 0 aliphatic carbocycles. The second-order valence-corrected chi connectivity index (χ2v) is 7.98. The number of amides is 1. The first-order valence-electron chi connectivity index (χ1n) is 10.3. The van der Waals surface area contributed by atoms with Crippen molar-refractivity contribution >= 4 is 18.3 Å². The summed E-state index contributed by atoms with van der Waals surface area (Å²) in [5, 5.41) is 10.9. The fourth-order valence-corrected chi connectivity index (χ4v) is 3.34. The molecule has 1 aromatic carbocycles. The third-order valence-electron chi connectivity index (χ3n) is 5.18. The molecule has 1 saturated heterocycles. The number of carbonyl (C=O) groups is 1. The van der Waals surface area contributed by atoms with Crippen molar-refractivity contribution in [2.45, 2.75) is 52.1 Å². The number of carbonyl (C=O) groups excluding carboxylic acids is 1. The lowest BCUT2D eigenvalue weighted by Crippen LogP contribution is -2.32. The minimum Gasteiger partial charge on any atom is -0.494 e. The second kappa shape index (κ2) is 11.2. The number of nitrogens with zero attached hydrogens (tertiary/aromatic N) is 2. The van der Waals surface area contributed by atoms with Gasteiger partial charge in [0.1, 0.15) is 11.4 Å². The van der Waals surface area contributed by atoms with Gasteiger partial charge in [0.2, 0.25) is 0 Å². The predicted molar refractivity (Wildman–Crippen MR) is 118 cm³/mol. The highest BCUT2D eigenvalue weighted by Gasteiger charge is 2.19. The van der Waals surface area contributed by atoms with E-state index in [1.807, 2.05) is 42.1 Å². The maximum Gasteiger partial charge on any atom is 0.272 e. The van der Waals surface area contributed by atoms with Gasteiger partial charge in [-0.1, -0.05) is 26.0 Å². The molecule has 6 nitrogen and oxygen atoms in total. The molecule has 0 radical (unpaired) electrons. The second-order valence-electron chi connectivity index (χ2n) is 7.98. The molecule has 0 bridgehead atoms. The van der Waals surface area contributed by atoms with Crippen LogP contribution in [0.15, 0.2) is 36.5 Å². The number of hydrogen-bond donors (Lipinski definition) is 2. The largest absolute Gasteiger partial charge is 0.494 e. The van der Waals surface area contributed by atoms with Crippen molar-refractivity contribution in [1.82, 2.24) is 20.4 Å². The summed E-state index contributed by atoms with van der Waals surface area (Å²) in [6, 6.07) is 9.95. The molecule has 1 aliphatic heterocycles. The molecule has 3 rings (SSSR count). The molecule has 1 aliphatic rings. The van der Waals surface area contributed by atoms with E-state index >= 15 is 0 Å². The first-order valence-corrected chi connectivity index (χ1v) is 10.3. The van der Waals surface area contributed by atoms with Gasteiger partial charge in [-0.25, -0.2) is 0 Å². The highest BCUT2D eigenvalue weighted by atomic mass is 35.5. The van der Waals surface area contributed by atoms with Gasteiger partial charge in [-0.3, -0.25) is 9.48 Å². The number of nitrogens with one attached hydrogen (secondary N) is 2. The van der Waals surface area contributed by atoms with Gasteiger partial charge in [-0.15, -0.1) is 12.4 Å². The van der Waals surface area contributed by atoms with Crippen LogP contribution >= 0.6 is 12.4 Å². The van der Waals surface area contributed by atoms with E-state index in [0.717, 1.165) is 50.3 Å². The Morgan fingerprint density at radius 2 is 2.03 bits per heavy atom. The normalized spacial score (nSPS) is 17.4. The summed E-state index contributed by atoms with van der Waals surface area (Å²) in [5.74, 6) is 1.35. The number of hydrogen-bond acceptors (Lipinski definition) is 4. The van der Waals surface area contributed by atoms with Crippen LogP contribution in [0.25, 0.3) is 0 Å². The maximum absolute atomic E-state index is 12.6. The summed E-state index contributed by atoms with van der Waals surface area (Å²) in [5.41, 5.74) is 1.51. The Bertz CT molecular complexity index is 754. The lowest BCUT2D eigenvalue weighted by atomic mass is 10.1. The average Bonchev–Trinajstić information content (AvgIpc) is 3.19. The van der Waals surface area contributed by atoms with Crippen molar-refractivity contribution in [2.24, 2.45) is 5.92 Å². The third kappa shape index (κ3) is 6.75. The van der Waals surface area contributed by atoms with Crippen LogP contribution in [0.3, 0.4) is 0 Å². The van der Waals surface area contributed by atoms with Gasteiger partial charge in [0.15, 0.2) is 0 Å². The van der Waals surface area contributed by atoms with Crippen LogP contribution < -0.4 is 15.4 Å². The van der Waals surface area contributed by atoms with Crippen LogP contribution in [-0.4, -0.2) is 35.4 Å². The van der Waals surface area contributed by atoms with Crippen molar-refractivity contribution in [2.75, 3.05) is 19.7 Å². The number of ether oxygens (including phenoxy) is 1. The number of halogens is 1. The van der Waals surface area contributed by atoms with Crippen molar-refractivity contribution in [3.63, 3.8) is 0 Å². The summed E-state index contributed by atoms with van der Waals surface area (Å²) in [7, 11) is 0. The Morgan fingerprint density at radius 3 is 2.69 bits per heavy atom. The number of aromatic nitrogens is 2. The van der Waals surface area contributed by atoms with Crippen molar-refractivity contribution in [1.29, 1.82) is 0 Å². The van der Waals surface area contributed by atoms with Crippen LogP contribution in [0.4, 0.5) is 0 Å². The molecule has 1 aromatic heterocycles. The molecule has 0 saturated carbocycles. The fraction of sp³-hybridized carbons (Fsp3) is 0.545. The molecule has 160 valence electrons. The van der Waals surface area contributed by atoms with Crippen molar-refractivity contribution in [3.05, 3.63) is 47.8 Å². The number of piperidine rings is 1. The summed E-state index contributed by atoms with van der Waals surface area (Å²) >= 11 is 0. The minimum atomic E-state index is -0.146. The third-order valence-corrected chi connectivity index (χ3v) is 5.18. The van der Waals surface area contributed by atoms with Gasteiger partial charge >= 0.3 is 0 Å². The summed E-state index contributed by atoms with van der Waals surface area (Å²) < 4.78 is 7.67. The SMILES string of the molecule is CC(C)CCOc1ccc(C(C)NC(=O)c2ccn(C3CCCNC3)n2)cc1.Cl. The molecule has 2 atom stereocenters. The molecule has 1 amide bonds. The quantitative estimate of drug-likeness (QED) is 0.673. The van der Waals surface area contributed by atoms with Crippen LogP contribution in [0, 0.1) is 5.92 Å². The maximum atomic E-state index is 12.6. The van der Waals surface area contributed by atoms with E-state index < -0.39 is 0 Å². The molecule has 29 heavy (non-hydrogen) atoms. The molecule has 7 heteroatoms. The summed E-state index contributed by atoms with van der Waals surface area (Å²) in [4.78, 5) is 12.6. The van der Waals surface area contributed by atoms with E-state index in [-0.39, 0.29) is 24.4 Å². The standard InChI is InChI=1S/C22H32N4O2.ClH/c1-16(2)11-14-28-20-8-6-18(7-9-20)17(3)24-22(27)21-10-13-26(25-21)19-5-4-12-23-15-19;/h6-10,13,16-17,19,23H,4-5,11-12,14-15H2,1-3H3,(H,24,27);1H.